The van der Waals surface area contributed by atoms with Crippen LogP contribution in [0.4, 0.5) is 0 Å². The zero-order valence-electron chi connectivity index (χ0n) is 25.9. The first kappa shape index (κ1) is 28.0. The first-order valence-electron chi connectivity index (χ1n) is 16.3. The minimum atomic E-state index is -0.753. The van der Waals surface area contributed by atoms with Crippen molar-refractivity contribution in [2.45, 2.75) is 30.7 Å². The molecule has 4 nitrogen and oxygen atoms in total. The third-order valence-electron chi connectivity index (χ3n) is 10.1. The number of hydrogen-bond acceptors (Lipinski definition) is 4. The third-order valence-corrected chi connectivity index (χ3v) is 10.1. The monoisotopic (exact) mass is 610 g/mol. The van der Waals surface area contributed by atoms with Gasteiger partial charge in [0.15, 0.2) is 0 Å². The van der Waals surface area contributed by atoms with E-state index in [-0.39, 0.29) is 0 Å². The van der Waals surface area contributed by atoms with Crippen molar-refractivity contribution in [1.29, 1.82) is 0 Å². The van der Waals surface area contributed by atoms with E-state index in [0.29, 0.717) is 0 Å². The molecule has 2 unspecified atom stereocenters. The van der Waals surface area contributed by atoms with Gasteiger partial charge < -0.3 is 20.9 Å². The fourth-order valence-corrected chi connectivity index (χ4v) is 8.03. The normalized spacial score (nSPS) is 16.4. The van der Waals surface area contributed by atoms with Crippen LogP contribution in [0.3, 0.4) is 0 Å². The maximum atomic E-state index is 6.97. The van der Waals surface area contributed by atoms with Gasteiger partial charge in [-0.15, -0.1) is 0 Å². The largest absolute Gasteiger partial charge is 0.457 e. The molecule has 1 aliphatic heterocycles. The lowest BCUT2D eigenvalue weighted by atomic mass is 9.65. The molecule has 228 valence electrons. The summed E-state index contributed by atoms with van der Waals surface area (Å²) >= 11 is 0. The average Bonchev–Trinajstić information content (AvgIpc) is 3.42. The molecule has 2 atom stereocenters. The maximum absolute atomic E-state index is 6.97. The number of rotatable bonds is 5. The van der Waals surface area contributed by atoms with Crippen molar-refractivity contribution in [3.63, 3.8) is 0 Å². The molecule has 0 aromatic heterocycles. The van der Waals surface area contributed by atoms with Gasteiger partial charge in [0.2, 0.25) is 0 Å². The van der Waals surface area contributed by atoms with Crippen molar-refractivity contribution < 1.29 is 9.47 Å². The molecule has 0 amide bonds. The van der Waals surface area contributed by atoms with Crippen LogP contribution in [0.25, 0.3) is 33.0 Å². The summed E-state index contributed by atoms with van der Waals surface area (Å²) in [5.74, 6) is 1.72. The smallest absolute Gasteiger partial charge is 0.135 e. The Morgan fingerprint density at radius 2 is 1.28 bits per heavy atom. The molecule has 0 fully saturated rings. The van der Waals surface area contributed by atoms with E-state index in [4.69, 9.17) is 20.9 Å². The molecule has 4 heteroatoms. The van der Waals surface area contributed by atoms with Crippen LogP contribution in [-0.4, -0.2) is 6.23 Å². The molecular weight excluding hydrogens is 576 g/mol. The van der Waals surface area contributed by atoms with E-state index in [1.165, 1.54) is 22.3 Å². The summed E-state index contributed by atoms with van der Waals surface area (Å²) in [4.78, 5) is 0. The molecule has 0 saturated carbocycles. The topological polar surface area (TPSA) is 70.5 Å². The summed E-state index contributed by atoms with van der Waals surface area (Å²) in [6.45, 7) is 0. The number of fused-ring (bicyclic) bond motifs is 10. The molecule has 4 N–H and O–H groups in total. The lowest BCUT2D eigenvalue weighted by molar-refractivity contribution is 0.0158. The Morgan fingerprint density at radius 3 is 2.04 bits per heavy atom. The van der Waals surface area contributed by atoms with Crippen molar-refractivity contribution in [3.8, 4) is 33.8 Å². The zero-order chi connectivity index (χ0) is 31.5. The van der Waals surface area contributed by atoms with Crippen molar-refractivity contribution in [3.05, 3.63) is 179 Å². The van der Waals surface area contributed by atoms with E-state index in [9.17, 15) is 0 Å². The van der Waals surface area contributed by atoms with Crippen LogP contribution in [-0.2, 0) is 10.2 Å². The van der Waals surface area contributed by atoms with Gasteiger partial charge in [0.25, 0.3) is 0 Å². The highest BCUT2D eigenvalue weighted by atomic mass is 16.5. The summed E-state index contributed by atoms with van der Waals surface area (Å²) in [5, 5.41) is 2.14. The van der Waals surface area contributed by atoms with Gasteiger partial charge in [-0.3, -0.25) is 0 Å². The maximum Gasteiger partial charge on any atom is 0.135 e. The summed E-state index contributed by atoms with van der Waals surface area (Å²) in [6.07, 6.45) is 6.90. The van der Waals surface area contributed by atoms with Crippen molar-refractivity contribution in [2.24, 2.45) is 11.5 Å². The SMILES string of the molecule is NC(OC(N)c1c(-c2ccc3c(c2)C2(c4ccccc4O3)c3ccccc3-c3ccccc32)ccc2ccccc12)C1=CCCC=C1. The highest BCUT2D eigenvalue weighted by Crippen LogP contribution is 2.62. The standard InChI is InChI=1S/C43H34N2O2/c44-41(28-13-2-1-3-14-28)47-42(45)40-30-15-5-4-12-27(30)22-24-31(40)29-23-25-39-37(26-29)43(36-20-10-11-21-38(36)46-39)34-18-8-6-16-32(34)33-17-7-9-19-35(33)43/h2,4-26,41-42H,1,3,44-45H2. The van der Waals surface area contributed by atoms with Gasteiger partial charge >= 0.3 is 0 Å². The van der Waals surface area contributed by atoms with Crippen molar-refractivity contribution >= 4 is 10.8 Å². The van der Waals surface area contributed by atoms with E-state index in [1.807, 2.05) is 24.3 Å². The molecule has 47 heavy (non-hydrogen) atoms. The van der Waals surface area contributed by atoms with E-state index in [1.54, 1.807) is 0 Å². The van der Waals surface area contributed by atoms with E-state index in [2.05, 4.69) is 121 Å². The molecule has 0 radical (unpaired) electrons. The summed E-state index contributed by atoms with van der Waals surface area (Å²) in [5.41, 5.74) is 24.2. The molecule has 0 saturated heterocycles. The second-order valence-corrected chi connectivity index (χ2v) is 12.6. The predicted molar refractivity (Wildman–Crippen MR) is 189 cm³/mol. The first-order chi connectivity index (χ1) is 23.1. The Hall–Kier alpha value is -5.26. The minimum absolute atomic E-state index is 0.550. The molecular formula is C43H34N2O2. The lowest BCUT2D eigenvalue weighted by Gasteiger charge is -2.39. The van der Waals surface area contributed by atoms with Crippen LogP contribution in [0, 0.1) is 0 Å². The number of allylic oxidation sites excluding steroid dienone is 2. The Morgan fingerprint density at radius 1 is 0.596 bits per heavy atom. The number of ether oxygens (including phenoxy) is 2. The number of para-hydroxylation sites is 1. The van der Waals surface area contributed by atoms with Crippen LogP contribution >= 0.6 is 0 Å². The molecule has 9 rings (SSSR count). The minimum Gasteiger partial charge on any atom is -0.457 e. The summed E-state index contributed by atoms with van der Waals surface area (Å²) < 4.78 is 13.1. The Kier molecular flexibility index (Phi) is 6.51. The Labute approximate surface area is 274 Å². The molecule has 3 aliphatic rings. The zero-order valence-corrected chi connectivity index (χ0v) is 25.9. The summed E-state index contributed by atoms with van der Waals surface area (Å²) in [6, 6.07) is 45.2. The number of nitrogens with two attached hydrogens (primary N) is 2. The Bertz CT molecular complexity index is 2220. The van der Waals surface area contributed by atoms with E-state index in [0.717, 1.165) is 68.5 Å². The Balaban J connectivity index is 1.27. The van der Waals surface area contributed by atoms with Crippen LogP contribution in [0.15, 0.2) is 151 Å². The average molecular weight is 611 g/mol. The quantitative estimate of drug-likeness (QED) is 0.190. The molecule has 1 spiro atoms. The second kappa shape index (κ2) is 10.9. The highest BCUT2D eigenvalue weighted by Gasteiger charge is 2.51. The van der Waals surface area contributed by atoms with Gasteiger partial charge in [0.1, 0.15) is 24.0 Å². The lowest BCUT2D eigenvalue weighted by Crippen LogP contribution is -2.32. The predicted octanol–water partition coefficient (Wildman–Crippen LogP) is 9.51. The number of hydrogen-bond donors (Lipinski definition) is 2. The van der Waals surface area contributed by atoms with Crippen molar-refractivity contribution in [2.75, 3.05) is 0 Å². The highest BCUT2D eigenvalue weighted by molar-refractivity contribution is 5.93. The van der Waals surface area contributed by atoms with Gasteiger partial charge in [-0.2, -0.15) is 0 Å². The molecule has 2 aliphatic carbocycles. The first-order valence-corrected chi connectivity index (χ1v) is 16.3. The van der Waals surface area contributed by atoms with Crippen LogP contribution in [0.2, 0.25) is 0 Å². The van der Waals surface area contributed by atoms with Crippen LogP contribution in [0.5, 0.6) is 11.5 Å². The van der Waals surface area contributed by atoms with Gasteiger partial charge in [-0.1, -0.05) is 127 Å². The van der Waals surface area contributed by atoms with Gasteiger partial charge in [-0.05, 0) is 80.8 Å². The van der Waals surface area contributed by atoms with Crippen LogP contribution < -0.4 is 16.2 Å². The second-order valence-electron chi connectivity index (χ2n) is 12.6. The molecule has 0 bridgehead atoms. The van der Waals surface area contributed by atoms with Crippen LogP contribution in [0.1, 0.15) is 46.9 Å². The summed E-state index contributed by atoms with van der Waals surface area (Å²) in [7, 11) is 0. The fourth-order valence-electron chi connectivity index (χ4n) is 8.03. The van der Waals surface area contributed by atoms with E-state index >= 15 is 0 Å². The molecule has 6 aromatic carbocycles. The molecule has 1 heterocycles. The van der Waals surface area contributed by atoms with Crippen molar-refractivity contribution in [1.82, 2.24) is 0 Å². The fraction of sp³-hybridized carbons (Fsp3) is 0.116. The molecule has 6 aromatic rings. The van der Waals surface area contributed by atoms with Gasteiger partial charge in [0, 0.05) is 16.7 Å². The van der Waals surface area contributed by atoms with Gasteiger partial charge in [-0.25, -0.2) is 0 Å². The van der Waals surface area contributed by atoms with E-state index < -0.39 is 17.9 Å². The van der Waals surface area contributed by atoms with Gasteiger partial charge in [0.05, 0.1) is 5.41 Å². The number of benzene rings is 6. The third kappa shape index (κ3) is 4.19.